The highest BCUT2D eigenvalue weighted by atomic mass is 19.2. The van der Waals surface area contributed by atoms with Crippen LogP contribution in [0.4, 0.5) is 31.7 Å². The summed E-state index contributed by atoms with van der Waals surface area (Å²) in [5.41, 5.74) is 8.15. The van der Waals surface area contributed by atoms with Gasteiger partial charge in [-0.15, -0.1) is 0 Å². The van der Waals surface area contributed by atoms with Gasteiger partial charge in [0.05, 0.1) is 11.3 Å². The van der Waals surface area contributed by atoms with Crippen LogP contribution in [0.2, 0.25) is 0 Å². The second-order valence-corrected chi connectivity index (χ2v) is 9.40. The lowest BCUT2D eigenvalue weighted by Gasteiger charge is -2.36. The minimum Gasteiger partial charge on any atom is -0.380 e. The van der Waals surface area contributed by atoms with Gasteiger partial charge < -0.3 is 21.3 Å². The summed E-state index contributed by atoms with van der Waals surface area (Å²) in [7, 11) is 0. The van der Waals surface area contributed by atoms with E-state index in [1.165, 1.54) is 24.0 Å². The zero-order valence-electron chi connectivity index (χ0n) is 20.6. The Morgan fingerprint density at radius 1 is 1.08 bits per heavy atom. The Morgan fingerprint density at radius 2 is 1.81 bits per heavy atom. The van der Waals surface area contributed by atoms with Crippen molar-refractivity contribution in [1.29, 1.82) is 0 Å². The van der Waals surface area contributed by atoms with Gasteiger partial charge in [0, 0.05) is 68.5 Å². The Kier molecular flexibility index (Phi) is 8.00. The Morgan fingerprint density at radius 3 is 2.47 bits per heavy atom. The zero-order chi connectivity index (χ0) is 25.7. The summed E-state index contributed by atoms with van der Waals surface area (Å²) >= 11 is 0. The van der Waals surface area contributed by atoms with Crippen molar-refractivity contribution in [3.05, 3.63) is 77.5 Å². The molecular formula is C27H32F2N6O. The van der Waals surface area contributed by atoms with Crippen LogP contribution in [-0.2, 0) is 6.54 Å². The van der Waals surface area contributed by atoms with E-state index in [-0.39, 0.29) is 17.7 Å². The standard InChI is InChI=1S/C27H32F2N6O/c1-18(2)17-34-10-12-35(13-11-34)21-8-6-20(7-9-21)33-25-14-24(22(16-32-25)27(30)36)31-15-19-4-3-5-23(28)26(19)29/h3-9,14,16,18H,10-13,15,17H2,1-2H3,(H2,30,36)(H2,31,32,33). The highest BCUT2D eigenvalue weighted by molar-refractivity contribution is 5.98. The first-order chi connectivity index (χ1) is 17.3. The first-order valence-corrected chi connectivity index (χ1v) is 12.1. The topological polar surface area (TPSA) is 86.5 Å². The summed E-state index contributed by atoms with van der Waals surface area (Å²) in [6.45, 7) is 9.72. The van der Waals surface area contributed by atoms with Crippen molar-refractivity contribution in [3.8, 4) is 0 Å². The Balaban J connectivity index is 1.42. The number of rotatable bonds is 9. The number of benzene rings is 2. The summed E-state index contributed by atoms with van der Waals surface area (Å²) in [5, 5.41) is 6.20. The van der Waals surface area contributed by atoms with E-state index in [1.54, 1.807) is 6.07 Å². The lowest BCUT2D eigenvalue weighted by Crippen LogP contribution is -2.47. The van der Waals surface area contributed by atoms with Crippen LogP contribution in [0.5, 0.6) is 0 Å². The van der Waals surface area contributed by atoms with Gasteiger partial charge in [0.25, 0.3) is 5.91 Å². The van der Waals surface area contributed by atoms with E-state index in [1.807, 2.05) is 12.1 Å². The van der Waals surface area contributed by atoms with Gasteiger partial charge in [0.2, 0.25) is 0 Å². The minimum atomic E-state index is -0.931. The van der Waals surface area contributed by atoms with Crippen LogP contribution >= 0.6 is 0 Å². The molecule has 1 aliphatic heterocycles. The van der Waals surface area contributed by atoms with Gasteiger partial charge in [-0.25, -0.2) is 13.8 Å². The average molecular weight is 495 g/mol. The lowest BCUT2D eigenvalue weighted by atomic mass is 10.1. The number of nitrogens with zero attached hydrogens (tertiary/aromatic N) is 3. The number of piperazine rings is 1. The molecule has 9 heteroatoms. The number of nitrogens with one attached hydrogen (secondary N) is 2. The number of pyridine rings is 1. The molecule has 0 bridgehead atoms. The molecule has 0 unspecified atom stereocenters. The molecule has 4 N–H and O–H groups in total. The lowest BCUT2D eigenvalue weighted by molar-refractivity contribution is 0.100. The number of anilines is 4. The van der Waals surface area contributed by atoms with Crippen LogP contribution in [0.3, 0.4) is 0 Å². The van der Waals surface area contributed by atoms with E-state index >= 15 is 0 Å². The molecule has 0 radical (unpaired) electrons. The van der Waals surface area contributed by atoms with Crippen molar-refractivity contribution in [1.82, 2.24) is 9.88 Å². The Bertz CT molecular complexity index is 1190. The van der Waals surface area contributed by atoms with Gasteiger partial charge in [0.15, 0.2) is 11.6 Å². The molecule has 1 aromatic heterocycles. The quantitative estimate of drug-likeness (QED) is 0.403. The predicted molar refractivity (Wildman–Crippen MR) is 140 cm³/mol. The number of hydrogen-bond donors (Lipinski definition) is 3. The molecule has 2 aromatic carbocycles. The first kappa shape index (κ1) is 25.4. The van der Waals surface area contributed by atoms with Crippen LogP contribution in [-0.4, -0.2) is 48.5 Å². The second-order valence-electron chi connectivity index (χ2n) is 9.40. The third kappa shape index (κ3) is 6.28. The summed E-state index contributed by atoms with van der Waals surface area (Å²) < 4.78 is 27.6. The van der Waals surface area contributed by atoms with Gasteiger partial charge in [-0.05, 0) is 36.2 Å². The van der Waals surface area contributed by atoms with Crippen molar-refractivity contribution in [3.63, 3.8) is 0 Å². The van der Waals surface area contributed by atoms with E-state index in [9.17, 15) is 13.6 Å². The van der Waals surface area contributed by atoms with E-state index in [2.05, 4.69) is 51.4 Å². The number of aromatic nitrogens is 1. The summed E-state index contributed by atoms with van der Waals surface area (Å²) in [5.74, 6) is -1.38. The SMILES string of the molecule is CC(C)CN1CCN(c2ccc(Nc3cc(NCc4cccc(F)c4F)c(C(N)=O)cn3)cc2)CC1. The van der Waals surface area contributed by atoms with Crippen LogP contribution in [0.1, 0.15) is 29.8 Å². The molecule has 0 atom stereocenters. The highest BCUT2D eigenvalue weighted by Gasteiger charge is 2.18. The molecule has 4 rings (SSSR count). The van der Waals surface area contributed by atoms with E-state index in [0.29, 0.717) is 17.4 Å². The molecule has 2 heterocycles. The minimum absolute atomic E-state index is 0.0214. The van der Waals surface area contributed by atoms with Crippen LogP contribution in [0.25, 0.3) is 0 Å². The van der Waals surface area contributed by atoms with Gasteiger partial charge in [0.1, 0.15) is 5.82 Å². The van der Waals surface area contributed by atoms with E-state index in [0.717, 1.165) is 44.5 Å². The third-order valence-corrected chi connectivity index (χ3v) is 6.17. The third-order valence-electron chi connectivity index (χ3n) is 6.17. The van der Waals surface area contributed by atoms with Crippen molar-refractivity contribution in [2.75, 3.05) is 48.3 Å². The maximum Gasteiger partial charge on any atom is 0.252 e. The zero-order valence-corrected chi connectivity index (χ0v) is 20.6. The number of amides is 1. The fourth-order valence-electron chi connectivity index (χ4n) is 4.35. The second kappa shape index (κ2) is 11.3. The maximum absolute atomic E-state index is 14.0. The Hall–Kier alpha value is -3.72. The number of hydrogen-bond acceptors (Lipinski definition) is 6. The van der Waals surface area contributed by atoms with Gasteiger partial charge >= 0.3 is 0 Å². The predicted octanol–water partition coefficient (Wildman–Crippen LogP) is 4.59. The molecule has 190 valence electrons. The number of primary amides is 1. The van der Waals surface area contributed by atoms with E-state index in [4.69, 9.17) is 5.73 Å². The van der Waals surface area contributed by atoms with Crippen LogP contribution in [0.15, 0.2) is 54.7 Å². The number of carbonyl (C=O) groups is 1. The maximum atomic E-state index is 14.0. The van der Waals surface area contributed by atoms with Crippen molar-refractivity contribution < 1.29 is 13.6 Å². The average Bonchev–Trinajstić information content (AvgIpc) is 2.85. The smallest absolute Gasteiger partial charge is 0.252 e. The molecule has 7 nitrogen and oxygen atoms in total. The monoisotopic (exact) mass is 494 g/mol. The van der Waals surface area contributed by atoms with Gasteiger partial charge in [-0.3, -0.25) is 9.69 Å². The van der Waals surface area contributed by atoms with Gasteiger partial charge in [-0.2, -0.15) is 0 Å². The normalized spacial score (nSPS) is 14.2. The summed E-state index contributed by atoms with van der Waals surface area (Å²) in [6, 6.07) is 13.7. The number of carbonyl (C=O) groups excluding carboxylic acids is 1. The molecule has 0 aliphatic carbocycles. The van der Waals surface area contributed by atoms with Crippen molar-refractivity contribution in [2.45, 2.75) is 20.4 Å². The van der Waals surface area contributed by atoms with Gasteiger partial charge in [-0.1, -0.05) is 26.0 Å². The number of halogens is 2. The fourth-order valence-corrected chi connectivity index (χ4v) is 4.35. The van der Waals surface area contributed by atoms with Crippen molar-refractivity contribution >= 4 is 28.8 Å². The fraction of sp³-hybridized carbons (Fsp3) is 0.333. The molecule has 1 aliphatic rings. The van der Waals surface area contributed by atoms with Crippen molar-refractivity contribution in [2.24, 2.45) is 11.7 Å². The highest BCUT2D eigenvalue weighted by Crippen LogP contribution is 2.25. The molecule has 3 aromatic rings. The molecule has 1 saturated heterocycles. The molecule has 1 fully saturated rings. The molecular weight excluding hydrogens is 462 g/mol. The first-order valence-electron chi connectivity index (χ1n) is 12.1. The molecule has 0 spiro atoms. The number of nitrogens with two attached hydrogens (primary N) is 1. The molecule has 36 heavy (non-hydrogen) atoms. The van der Waals surface area contributed by atoms with Crippen LogP contribution < -0.4 is 21.3 Å². The summed E-state index contributed by atoms with van der Waals surface area (Å²) in [6.07, 6.45) is 1.36. The largest absolute Gasteiger partial charge is 0.380 e. The molecule has 0 saturated carbocycles. The van der Waals surface area contributed by atoms with Crippen LogP contribution in [0, 0.1) is 17.6 Å². The van der Waals surface area contributed by atoms with E-state index < -0.39 is 17.5 Å². The Labute approximate surface area is 210 Å². The summed E-state index contributed by atoms with van der Waals surface area (Å²) in [4.78, 5) is 21.0. The molecule has 1 amide bonds.